The number of Topliss-reactive ketones (excluding diaryl/α,β-unsaturated/α-hetero) is 1. The average Bonchev–Trinajstić information content (AvgIpc) is 2.97. The van der Waals surface area contributed by atoms with Crippen LogP contribution >= 0.6 is 0 Å². The molecule has 0 amide bonds. The molecular formula is C14H16N2O. The van der Waals surface area contributed by atoms with Gasteiger partial charge in [-0.1, -0.05) is 11.6 Å². The molecule has 0 bridgehead atoms. The molecule has 1 aromatic heterocycles. The third-order valence-corrected chi connectivity index (χ3v) is 3.53. The van der Waals surface area contributed by atoms with Crippen LogP contribution < -0.4 is 5.32 Å². The number of H-pyrrole nitrogens is 1. The topological polar surface area (TPSA) is 44.9 Å². The molecule has 17 heavy (non-hydrogen) atoms. The number of aromatic nitrogens is 1. The molecule has 2 heterocycles. The number of aryl methyl sites for hydroxylation is 1. The highest BCUT2D eigenvalue weighted by molar-refractivity contribution is 6.09. The van der Waals surface area contributed by atoms with Gasteiger partial charge < -0.3 is 10.3 Å². The summed E-state index contributed by atoms with van der Waals surface area (Å²) in [6.07, 6.45) is 2.81. The van der Waals surface area contributed by atoms with E-state index in [1.807, 2.05) is 12.3 Å². The lowest BCUT2D eigenvalue weighted by Gasteiger charge is -2.06. The van der Waals surface area contributed by atoms with E-state index in [1.54, 1.807) is 0 Å². The van der Waals surface area contributed by atoms with Crippen molar-refractivity contribution in [3.8, 4) is 0 Å². The maximum Gasteiger partial charge on any atom is 0.169 e. The summed E-state index contributed by atoms with van der Waals surface area (Å²) in [7, 11) is 0. The van der Waals surface area contributed by atoms with Crippen molar-refractivity contribution in [3.63, 3.8) is 0 Å². The van der Waals surface area contributed by atoms with Gasteiger partial charge in [-0.15, -0.1) is 0 Å². The van der Waals surface area contributed by atoms with E-state index in [1.165, 1.54) is 5.56 Å². The van der Waals surface area contributed by atoms with Crippen LogP contribution in [0.15, 0.2) is 24.4 Å². The molecule has 2 N–H and O–H groups in total. The minimum absolute atomic E-state index is 0.148. The summed E-state index contributed by atoms with van der Waals surface area (Å²) in [6, 6.07) is 6.18. The zero-order valence-corrected chi connectivity index (χ0v) is 9.92. The van der Waals surface area contributed by atoms with E-state index in [-0.39, 0.29) is 11.7 Å². The van der Waals surface area contributed by atoms with Gasteiger partial charge in [-0.25, -0.2) is 0 Å². The van der Waals surface area contributed by atoms with Crippen molar-refractivity contribution < 1.29 is 4.79 Å². The van der Waals surface area contributed by atoms with E-state index < -0.39 is 0 Å². The van der Waals surface area contributed by atoms with Crippen LogP contribution in [0.4, 0.5) is 0 Å². The highest BCUT2D eigenvalue weighted by Crippen LogP contribution is 2.24. The molecule has 88 valence electrons. The second-order valence-corrected chi connectivity index (χ2v) is 4.81. The van der Waals surface area contributed by atoms with Crippen LogP contribution in [0.1, 0.15) is 22.3 Å². The molecule has 3 heteroatoms. The normalized spacial score (nSPS) is 19.9. The molecule has 0 spiro atoms. The van der Waals surface area contributed by atoms with Crippen LogP contribution in [0.2, 0.25) is 0 Å². The summed E-state index contributed by atoms with van der Waals surface area (Å²) < 4.78 is 0. The summed E-state index contributed by atoms with van der Waals surface area (Å²) in [6.45, 7) is 3.83. The van der Waals surface area contributed by atoms with Crippen molar-refractivity contribution in [2.75, 3.05) is 13.1 Å². The van der Waals surface area contributed by atoms with Crippen molar-refractivity contribution in [2.24, 2.45) is 5.92 Å². The zero-order chi connectivity index (χ0) is 11.8. The van der Waals surface area contributed by atoms with Gasteiger partial charge >= 0.3 is 0 Å². The Labute approximate surface area is 100 Å². The van der Waals surface area contributed by atoms with E-state index in [0.29, 0.717) is 0 Å². The number of fused-ring (bicyclic) bond motifs is 1. The Kier molecular flexibility index (Phi) is 2.48. The predicted molar refractivity (Wildman–Crippen MR) is 68.3 cm³/mol. The molecular weight excluding hydrogens is 212 g/mol. The Balaban J connectivity index is 2.04. The number of nitrogens with one attached hydrogen (secondary N) is 2. The van der Waals surface area contributed by atoms with E-state index in [0.717, 1.165) is 36.0 Å². The van der Waals surface area contributed by atoms with E-state index >= 15 is 0 Å². The van der Waals surface area contributed by atoms with Gasteiger partial charge in [-0.3, -0.25) is 4.79 Å². The molecule has 2 aromatic rings. The lowest BCUT2D eigenvalue weighted by molar-refractivity contribution is 0.0932. The second-order valence-electron chi connectivity index (χ2n) is 4.81. The van der Waals surface area contributed by atoms with Gasteiger partial charge in [0.1, 0.15) is 0 Å². The SMILES string of the molecule is Cc1ccc2[nH]cc(C(=O)C3CCNC3)c2c1. The molecule has 0 radical (unpaired) electrons. The van der Waals surface area contributed by atoms with Gasteiger partial charge in [0.15, 0.2) is 5.78 Å². The largest absolute Gasteiger partial charge is 0.360 e. The first-order chi connectivity index (χ1) is 8.25. The van der Waals surface area contributed by atoms with Gasteiger partial charge in [0.2, 0.25) is 0 Å². The maximum atomic E-state index is 12.4. The molecule has 0 saturated carbocycles. The predicted octanol–water partition coefficient (Wildman–Crippen LogP) is 2.27. The number of ketones is 1. The zero-order valence-electron chi connectivity index (χ0n) is 9.92. The van der Waals surface area contributed by atoms with Gasteiger partial charge in [0.05, 0.1) is 0 Å². The first kappa shape index (κ1) is 10.5. The summed E-state index contributed by atoms with van der Waals surface area (Å²) >= 11 is 0. The molecule has 3 rings (SSSR count). The minimum atomic E-state index is 0.148. The van der Waals surface area contributed by atoms with Crippen molar-refractivity contribution >= 4 is 16.7 Å². The molecule has 1 aliphatic heterocycles. The lowest BCUT2D eigenvalue weighted by Crippen LogP contribution is -2.17. The molecule has 1 unspecified atom stereocenters. The fourth-order valence-electron chi connectivity index (χ4n) is 2.54. The third-order valence-electron chi connectivity index (χ3n) is 3.53. The quantitative estimate of drug-likeness (QED) is 0.774. The fourth-order valence-corrected chi connectivity index (χ4v) is 2.54. The van der Waals surface area contributed by atoms with Crippen LogP contribution in [-0.2, 0) is 0 Å². The Hall–Kier alpha value is -1.61. The van der Waals surface area contributed by atoms with Crippen molar-refractivity contribution in [3.05, 3.63) is 35.5 Å². The third kappa shape index (κ3) is 1.76. The monoisotopic (exact) mass is 228 g/mol. The number of hydrogen-bond donors (Lipinski definition) is 2. The first-order valence-corrected chi connectivity index (χ1v) is 6.08. The van der Waals surface area contributed by atoms with Crippen molar-refractivity contribution in [2.45, 2.75) is 13.3 Å². The van der Waals surface area contributed by atoms with E-state index in [2.05, 4.69) is 29.4 Å². The molecule has 3 nitrogen and oxygen atoms in total. The number of carbonyl (C=O) groups is 1. The van der Waals surface area contributed by atoms with Crippen molar-refractivity contribution in [1.29, 1.82) is 0 Å². The molecule has 0 aliphatic carbocycles. The van der Waals surface area contributed by atoms with Crippen LogP contribution in [0.25, 0.3) is 10.9 Å². The Morgan fingerprint density at radius 1 is 1.41 bits per heavy atom. The van der Waals surface area contributed by atoms with Gasteiger partial charge in [-0.05, 0) is 32.0 Å². The van der Waals surface area contributed by atoms with Crippen LogP contribution in [0.3, 0.4) is 0 Å². The number of benzene rings is 1. The van der Waals surface area contributed by atoms with Crippen LogP contribution in [-0.4, -0.2) is 23.9 Å². The smallest absolute Gasteiger partial charge is 0.169 e. The summed E-state index contributed by atoms with van der Waals surface area (Å²) in [5.74, 6) is 0.418. The van der Waals surface area contributed by atoms with Crippen LogP contribution in [0.5, 0.6) is 0 Å². The second kappa shape index (κ2) is 4.00. The summed E-state index contributed by atoms with van der Waals surface area (Å²) in [5.41, 5.74) is 3.08. The van der Waals surface area contributed by atoms with Gasteiger partial charge in [0, 0.05) is 35.1 Å². The molecule has 1 aliphatic rings. The lowest BCUT2D eigenvalue weighted by atomic mass is 9.96. The first-order valence-electron chi connectivity index (χ1n) is 6.08. The number of rotatable bonds is 2. The van der Waals surface area contributed by atoms with E-state index in [4.69, 9.17) is 0 Å². The molecule has 1 saturated heterocycles. The highest BCUT2D eigenvalue weighted by Gasteiger charge is 2.25. The number of aromatic amines is 1. The van der Waals surface area contributed by atoms with Gasteiger partial charge in [0.25, 0.3) is 0 Å². The summed E-state index contributed by atoms with van der Waals surface area (Å²) in [4.78, 5) is 15.6. The highest BCUT2D eigenvalue weighted by atomic mass is 16.1. The van der Waals surface area contributed by atoms with E-state index in [9.17, 15) is 4.79 Å². The Morgan fingerprint density at radius 2 is 2.29 bits per heavy atom. The fraction of sp³-hybridized carbons (Fsp3) is 0.357. The number of hydrogen-bond acceptors (Lipinski definition) is 2. The van der Waals surface area contributed by atoms with Crippen molar-refractivity contribution in [1.82, 2.24) is 10.3 Å². The molecule has 1 atom stereocenters. The summed E-state index contributed by atoms with van der Waals surface area (Å²) in [5, 5.41) is 4.30. The minimum Gasteiger partial charge on any atom is -0.360 e. The average molecular weight is 228 g/mol. The Morgan fingerprint density at radius 3 is 3.06 bits per heavy atom. The van der Waals surface area contributed by atoms with Gasteiger partial charge in [-0.2, -0.15) is 0 Å². The standard InChI is InChI=1S/C14H16N2O/c1-9-2-3-13-11(6-9)12(8-16-13)14(17)10-4-5-15-7-10/h2-3,6,8,10,15-16H,4-5,7H2,1H3. The molecule has 1 aromatic carbocycles. The molecule has 1 fully saturated rings. The number of carbonyl (C=O) groups excluding carboxylic acids is 1. The Bertz CT molecular complexity index is 565. The maximum absolute atomic E-state index is 12.4. The van der Waals surface area contributed by atoms with Crippen LogP contribution in [0, 0.1) is 12.8 Å².